The molecule has 150 valence electrons. The van der Waals surface area contributed by atoms with Gasteiger partial charge in [0.05, 0.1) is 27.9 Å². The van der Waals surface area contributed by atoms with Crippen molar-refractivity contribution in [2.45, 2.75) is 13.3 Å². The van der Waals surface area contributed by atoms with E-state index >= 15 is 0 Å². The van der Waals surface area contributed by atoms with E-state index in [2.05, 4.69) is 83.7 Å². The van der Waals surface area contributed by atoms with Gasteiger partial charge in [-0.25, -0.2) is 4.98 Å². The Hall–Kier alpha value is -3.98. The van der Waals surface area contributed by atoms with Gasteiger partial charge in [0.1, 0.15) is 0 Å². The number of pyridine rings is 2. The molecule has 3 heteroatoms. The number of nitrogens with zero attached hydrogens (tertiary/aromatic N) is 3. The van der Waals surface area contributed by atoms with Crippen LogP contribution in [0.3, 0.4) is 0 Å². The summed E-state index contributed by atoms with van der Waals surface area (Å²) in [7, 11) is 0. The molecular weight excluding hydrogens is 378 g/mol. The van der Waals surface area contributed by atoms with Crippen molar-refractivity contribution in [1.29, 1.82) is 0 Å². The standard InChI is InChI=1S/C28H23N3/c1-3-10-20(4-2)21-14-16-26-23(19-21)28-27(31(26)22-11-6-5-7-12-22)17-15-25(30-28)24-13-8-9-18-29-24/h4-19H,2-3H2,1H3/b20-10+. The molecule has 0 unspecified atom stereocenters. The molecule has 0 amide bonds. The number of benzene rings is 2. The number of allylic oxidation sites excluding steroid dienone is 3. The van der Waals surface area contributed by atoms with E-state index in [1.54, 1.807) is 6.20 Å². The maximum atomic E-state index is 5.06. The molecule has 0 aliphatic rings. The zero-order valence-corrected chi connectivity index (χ0v) is 17.5. The van der Waals surface area contributed by atoms with E-state index in [1.807, 2.05) is 30.3 Å². The van der Waals surface area contributed by atoms with E-state index in [0.717, 1.165) is 56.6 Å². The first-order valence-corrected chi connectivity index (χ1v) is 10.5. The van der Waals surface area contributed by atoms with Crippen LogP contribution in [-0.4, -0.2) is 14.5 Å². The third-order valence-corrected chi connectivity index (χ3v) is 5.53. The minimum absolute atomic E-state index is 0.874. The lowest BCUT2D eigenvalue weighted by molar-refractivity contribution is 1.17. The number of fused-ring (bicyclic) bond motifs is 3. The van der Waals surface area contributed by atoms with Gasteiger partial charge < -0.3 is 4.57 Å². The van der Waals surface area contributed by atoms with Crippen LogP contribution in [0.4, 0.5) is 0 Å². The maximum Gasteiger partial charge on any atom is 0.0971 e. The Bertz CT molecular complexity index is 1410. The second-order valence-electron chi connectivity index (χ2n) is 7.45. The highest BCUT2D eigenvalue weighted by molar-refractivity contribution is 6.08. The van der Waals surface area contributed by atoms with Gasteiger partial charge >= 0.3 is 0 Å². The number of aromatic nitrogens is 3. The molecule has 0 saturated carbocycles. The Labute approximate surface area is 182 Å². The molecule has 0 radical (unpaired) electrons. The van der Waals surface area contributed by atoms with E-state index < -0.39 is 0 Å². The molecule has 0 aliphatic heterocycles. The van der Waals surface area contributed by atoms with E-state index in [0.29, 0.717) is 0 Å². The molecule has 31 heavy (non-hydrogen) atoms. The highest BCUT2D eigenvalue weighted by atomic mass is 15.0. The highest BCUT2D eigenvalue weighted by Gasteiger charge is 2.15. The Morgan fingerprint density at radius 3 is 2.45 bits per heavy atom. The molecule has 3 aromatic heterocycles. The van der Waals surface area contributed by atoms with Gasteiger partial charge in [-0.2, -0.15) is 0 Å². The van der Waals surface area contributed by atoms with Crippen LogP contribution in [0.1, 0.15) is 18.9 Å². The van der Waals surface area contributed by atoms with Crippen LogP contribution < -0.4 is 0 Å². The first kappa shape index (κ1) is 19.0. The maximum absolute atomic E-state index is 5.06. The van der Waals surface area contributed by atoms with Crippen LogP contribution in [0.5, 0.6) is 0 Å². The van der Waals surface area contributed by atoms with Gasteiger partial charge in [0, 0.05) is 17.3 Å². The third kappa shape index (κ3) is 3.34. The van der Waals surface area contributed by atoms with Crippen LogP contribution >= 0.6 is 0 Å². The minimum Gasteiger partial charge on any atom is -0.308 e. The van der Waals surface area contributed by atoms with E-state index in [4.69, 9.17) is 4.98 Å². The molecule has 0 aliphatic carbocycles. The van der Waals surface area contributed by atoms with E-state index in [1.165, 1.54) is 0 Å². The van der Waals surface area contributed by atoms with Gasteiger partial charge in [0.2, 0.25) is 0 Å². The Morgan fingerprint density at radius 1 is 0.903 bits per heavy atom. The van der Waals surface area contributed by atoms with Crippen LogP contribution in [0.2, 0.25) is 0 Å². The average molecular weight is 402 g/mol. The molecule has 3 nitrogen and oxygen atoms in total. The number of hydrogen-bond acceptors (Lipinski definition) is 2. The van der Waals surface area contributed by atoms with Crippen molar-refractivity contribution in [1.82, 2.24) is 14.5 Å². The SMILES string of the molecule is C=C/C(=C\CC)c1ccc2c(c1)c1nc(-c3ccccn3)ccc1n2-c1ccccc1. The van der Waals surface area contributed by atoms with Crippen molar-refractivity contribution in [3.63, 3.8) is 0 Å². The van der Waals surface area contributed by atoms with E-state index in [9.17, 15) is 0 Å². The van der Waals surface area contributed by atoms with Gasteiger partial charge in [-0.3, -0.25) is 4.98 Å². The Balaban J connectivity index is 1.84. The summed E-state index contributed by atoms with van der Waals surface area (Å²) in [5, 5.41) is 1.12. The molecule has 0 bridgehead atoms. The van der Waals surface area contributed by atoms with Crippen molar-refractivity contribution in [3.05, 3.63) is 109 Å². The zero-order chi connectivity index (χ0) is 21.2. The lowest BCUT2D eigenvalue weighted by Crippen LogP contribution is -1.94. The van der Waals surface area contributed by atoms with E-state index in [-0.39, 0.29) is 0 Å². The van der Waals surface area contributed by atoms with Crippen LogP contribution in [0.25, 0.3) is 44.6 Å². The largest absolute Gasteiger partial charge is 0.308 e. The molecular formula is C28H23N3. The van der Waals surface area contributed by atoms with Gasteiger partial charge in [0.25, 0.3) is 0 Å². The quantitative estimate of drug-likeness (QED) is 0.291. The number of rotatable bonds is 5. The fourth-order valence-corrected chi connectivity index (χ4v) is 4.11. The molecule has 0 atom stereocenters. The average Bonchev–Trinajstić information content (AvgIpc) is 3.16. The summed E-state index contributed by atoms with van der Waals surface area (Å²) in [5.74, 6) is 0. The molecule has 3 heterocycles. The van der Waals surface area contributed by atoms with Crippen molar-refractivity contribution in [2.24, 2.45) is 0 Å². The summed E-state index contributed by atoms with van der Waals surface area (Å²) in [4.78, 5) is 9.56. The van der Waals surface area contributed by atoms with Gasteiger partial charge in [-0.05, 0) is 66.1 Å². The topological polar surface area (TPSA) is 30.7 Å². The molecule has 5 rings (SSSR count). The second-order valence-corrected chi connectivity index (χ2v) is 7.45. The molecule has 0 spiro atoms. The molecule has 0 N–H and O–H groups in total. The predicted octanol–water partition coefficient (Wildman–Crippen LogP) is 7.22. The third-order valence-electron chi connectivity index (χ3n) is 5.53. The summed E-state index contributed by atoms with van der Waals surface area (Å²) in [5.41, 5.74) is 8.36. The fourth-order valence-electron chi connectivity index (χ4n) is 4.11. The van der Waals surface area contributed by atoms with Gasteiger partial charge in [-0.1, -0.05) is 56.0 Å². The summed E-state index contributed by atoms with van der Waals surface area (Å²) < 4.78 is 2.28. The van der Waals surface area contributed by atoms with Crippen molar-refractivity contribution in [2.75, 3.05) is 0 Å². The van der Waals surface area contributed by atoms with Crippen molar-refractivity contribution < 1.29 is 0 Å². The molecule has 5 aromatic rings. The second kappa shape index (κ2) is 8.04. The van der Waals surface area contributed by atoms with Gasteiger partial charge in [0.15, 0.2) is 0 Å². The zero-order valence-electron chi connectivity index (χ0n) is 17.5. The molecule has 0 fully saturated rings. The summed E-state index contributed by atoms with van der Waals surface area (Å²) >= 11 is 0. The Kier molecular flexibility index (Phi) is 4.93. The lowest BCUT2D eigenvalue weighted by Gasteiger charge is -2.08. The smallest absolute Gasteiger partial charge is 0.0971 e. The highest BCUT2D eigenvalue weighted by Crippen LogP contribution is 2.34. The van der Waals surface area contributed by atoms with Crippen LogP contribution in [-0.2, 0) is 0 Å². The summed E-state index contributed by atoms with van der Waals surface area (Å²) in [6, 6.07) is 27.1. The summed E-state index contributed by atoms with van der Waals surface area (Å²) in [6.45, 7) is 6.15. The summed E-state index contributed by atoms with van der Waals surface area (Å²) in [6.07, 6.45) is 6.90. The van der Waals surface area contributed by atoms with Crippen LogP contribution in [0.15, 0.2) is 104 Å². The number of para-hydroxylation sites is 1. The molecule has 2 aromatic carbocycles. The Morgan fingerprint density at radius 2 is 1.71 bits per heavy atom. The van der Waals surface area contributed by atoms with Crippen molar-refractivity contribution >= 4 is 27.5 Å². The van der Waals surface area contributed by atoms with Crippen LogP contribution in [0, 0.1) is 0 Å². The molecule has 0 saturated heterocycles. The monoisotopic (exact) mass is 401 g/mol. The normalized spacial score (nSPS) is 11.8. The fraction of sp³-hybridized carbons (Fsp3) is 0.0714. The van der Waals surface area contributed by atoms with Crippen molar-refractivity contribution in [3.8, 4) is 17.1 Å². The predicted molar refractivity (Wildman–Crippen MR) is 130 cm³/mol. The number of hydrogen-bond donors (Lipinski definition) is 0. The minimum atomic E-state index is 0.874. The van der Waals surface area contributed by atoms with Gasteiger partial charge in [-0.15, -0.1) is 0 Å². The first-order valence-electron chi connectivity index (χ1n) is 10.5. The lowest BCUT2D eigenvalue weighted by atomic mass is 10.0. The first-order chi connectivity index (χ1) is 15.3.